The van der Waals surface area contributed by atoms with Crippen LogP contribution in [-0.4, -0.2) is 58.5 Å². The Kier molecular flexibility index (Phi) is 7.54. The number of nitrogens with zero attached hydrogens (tertiary/aromatic N) is 3. The summed E-state index contributed by atoms with van der Waals surface area (Å²) in [4.78, 5) is 31.3. The molecule has 37 heavy (non-hydrogen) atoms. The normalized spacial score (nSPS) is 18.8. The number of piperidine rings is 1. The minimum absolute atomic E-state index is 0.104. The van der Waals surface area contributed by atoms with E-state index in [1.807, 2.05) is 44.8 Å². The van der Waals surface area contributed by atoms with Crippen molar-refractivity contribution < 1.29 is 14.3 Å². The standard InChI is InChI=1S/C31H39N3O3/c1-24(2)34-21-22-37-28-13-6-4-10-26(28)11-7-8-15-31(30(34)36)16-19-32(20-17-31)29(35)23-33-18-14-25-9-3-5-12-27(25)33/h3-6,9-10,12-14,18,24H,7-8,11,15-17,19-23H2,1-2H3. The molecule has 2 aliphatic rings. The van der Waals surface area contributed by atoms with Gasteiger partial charge < -0.3 is 19.1 Å². The molecule has 0 unspecified atom stereocenters. The van der Waals surface area contributed by atoms with Crippen LogP contribution in [0.15, 0.2) is 60.8 Å². The lowest BCUT2D eigenvalue weighted by atomic mass is 9.72. The lowest BCUT2D eigenvalue weighted by Gasteiger charge is -2.44. The van der Waals surface area contributed by atoms with Gasteiger partial charge in [0.15, 0.2) is 0 Å². The minimum atomic E-state index is -0.403. The average Bonchev–Trinajstić information content (AvgIpc) is 3.31. The molecule has 2 aromatic carbocycles. The maximum atomic E-state index is 14.1. The molecule has 6 nitrogen and oxygen atoms in total. The van der Waals surface area contributed by atoms with Crippen LogP contribution < -0.4 is 4.74 Å². The second-order valence-corrected chi connectivity index (χ2v) is 10.9. The van der Waals surface area contributed by atoms with Crippen LogP contribution in [0, 0.1) is 5.41 Å². The molecule has 3 aromatic rings. The first-order valence-electron chi connectivity index (χ1n) is 13.8. The zero-order chi connectivity index (χ0) is 25.8. The summed E-state index contributed by atoms with van der Waals surface area (Å²) in [5.74, 6) is 1.31. The summed E-state index contributed by atoms with van der Waals surface area (Å²) >= 11 is 0. The largest absolute Gasteiger partial charge is 0.491 e. The van der Waals surface area contributed by atoms with Crippen molar-refractivity contribution in [1.82, 2.24) is 14.4 Å². The predicted octanol–water partition coefficient (Wildman–Crippen LogP) is 5.29. The van der Waals surface area contributed by atoms with Crippen molar-refractivity contribution in [2.45, 2.75) is 65.0 Å². The molecule has 6 heteroatoms. The van der Waals surface area contributed by atoms with E-state index in [2.05, 4.69) is 44.2 Å². The van der Waals surface area contributed by atoms with Crippen molar-refractivity contribution in [3.63, 3.8) is 0 Å². The van der Waals surface area contributed by atoms with Crippen molar-refractivity contribution in [1.29, 1.82) is 0 Å². The number of benzene rings is 2. The van der Waals surface area contributed by atoms with E-state index in [1.165, 1.54) is 5.56 Å². The fourth-order valence-corrected chi connectivity index (χ4v) is 6.06. The van der Waals surface area contributed by atoms with Crippen molar-refractivity contribution in [3.8, 4) is 5.75 Å². The first kappa shape index (κ1) is 25.4. The molecule has 2 amide bonds. The van der Waals surface area contributed by atoms with Crippen LogP contribution in [0.25, 0.3) is 10.9 Å². The molecule has 0 bridgehead atoms. The smallest absolute Gasteiger partial charge is 0.242 e. The summed E-state index contributed by atoms with van der Waals surface area (Å²) in [6.45, 7) is 6.85. The number of carbonyl (C=O) groups excluding carboxylic acids is 2. The number of hydrogen-bond acceptors (Lipinski definition) is 3. The number of amides is 2. The van der Waals surface area contributed by atoms with E-state index in [0.717, 1.165) is 55.2 Å². The summed E-state index contributed by atoms with van der Waals surface area (Å²) in [5.41, 5.74) is 1.92. The fraction of sp³-hybridized carbons (Fsp3) is 0.484. The molecular formula is C31H39N3O3. The van der Waals surface area contributed by atoms with E-state index < -0.39 is 5.41 Å². The number of para-hydroxylation sites is 2. The van der Waals surface area contributed by atoms with Gasteiger partial charge in [0.25, 0.3) is 0 Å². The summed E-state index contributed by atoms with van der Waals surface area (Å²) < 4.78 is 8.17. The predicted molar refractivity (Wildman–Crippen MR) is 147 cm³/mol. The molecule has 196 valence electrons. The third kappa shape index (κ3) is 5.39. The van der Waals surface area contributed by atoms with Gasteiger partial charge in [0.05, 0.1) is 12.0 Å². The molecule has 5 rings (SSSR count). The van der Waals surface area contributed by atoms with Gasteiger partial charge in [0.1, 0.15) is 18.9 Å². The van der Waals surface area contributed by atoms with Crippen LogP contribution in [0.2, 0.25) is 0 Å². The first-order valence-corrected chi connectivity index (χ1v) is 13.8. The van der Waals surface area contributed by atoms with Crippen LogP contribution in [0.3, 0.4) is 0 Å². The maximum absolute atomic E-state index is 14.1. The molecule has 0 radical (unpaired) electrons. The Bertz CT molecular complexity index is 1240. The van der Waals surface area contributed by atoms with Crippen molar-refractivity contribution >= 4 is 22.7 Å². The lowest BCUT2D eigenvalue weighted by Crippen LogP contribution is -2.54. The lowest BCUT2D eigenvalue weighted by molar-refractivity contribution is -0.151. The fourth-order valence-electron chi connectivity index (χ4n) is 6.06. The van der Waals surface area contributed by atoms with Crippen molar-refractivity contribution in [3.05, 3.63) is 66.4 Å². The second-order valence-electron chi connectivity index (χ2n) is 10.9. The van der Waals surface area contributed by atoms with E-state index >= 15 is 0 Å². The molecule has 0 N–H and O–H groups in total. The van der Waals surface area contributed by atoms with Crippen LogP contribution >= 0.6 is 0 Å². The molecule has 1 spiro atoms. The third-order valence-electron chi connectivity index (χ3n) is 8.31. The highest BCUT2D eigenvalue weighted by atomic mass is 16.5. The number of fused-ring (bicyclic) bond motifs is 2. The van der Waals surface area contributed by atoms with Gasteiger partial charge in [-0.3, -0.25) is 9.59 Å². The summed E-state index contributed by atoms with van der Waals surface area (Å²) in [6, 6.07) is 18.6. The zero-order valence-corrected chi connectivity index (χ0v) is 22.2. The monoisotopic (exact) mass is 501 g/mol. The van der Waals surface area contributed by atoms with E-state index in [-0.39, 0.29) is 17.9 Å². The number of rotatable bonds is 3. The quantitative estimate of drug-likeness (QED) is 0.490. The molecule has 1 fully saturated rings. The Morgan fingerprint density at radius 1 is 0.946 bits per heavy atom. The van der Waals surface area contributed by atoms with Gasteiger partial charge in [-0.1, -0.05) is 42.8 Å². The minimum Gasteiger partial charge on any atom is -0.491 e. The van der Waals surface area contributed by atoms with E-state index in [1.54, 1.807) is 0 Å². The summed E-state index contributed by atoms with van der Waals surface area (Å²) in [6.07, 6.45) is 7.31. The van der Waals surface area contributed by atoms with Crippen molar-refractivity contribution in [2.24, 2.45) is 5.41 Å². The first-order chi connectivity index (χ1) is 18.0. The Labute approximate surface area is 220 Å². The average molecular weight is 502 g/mol. The molecule has 3 heterocycles. The Hall–Kier alpha value is -3.28. The maximum Gasteiger partial charge on any atom is 0.242 e. The molecule has 0 atom stereocenters. The number of carbonyl (C=O) groups is 2. The zero-order valence-electron chi connectivity index (χ0n) is 22.2. The highest BCUT2D eigenvalue weighted by Crippen LogP contribution is 2.40. The van der Waals surface area contributed by atoms with Gasteiger partial charge in [0, 0.05) is 30.8 Å². The van der Waals surface area contributed by atoms with Gasteiger partial charge in [-0.2, -0.15) is 0 Å². The van der Waals surface area contributed by atoms with Gasteiger partial charge >= 0.3 is 0 Å². The molecule has 0 saturated carbocycles. The number of likely N-dealkylation sites (tertiary alicyclic amines) is 1. The van der Waals surface area contributed by atoms with E-state index in [4.69, 9.17) is 4.74 Å². The van der Waals surface area contributed by atoms with Gasteiger partial charge in [0.2, 0.25) is 11.8 Å². The summed E-state index contributed by atoms with van der Waals surface area (Å²) in [5, 5.41) is 1.15. The third-order valence-corrected chi connectivity index (χ3v) is 8.31. The van der Waals surface area contributed by atoms with E-state index in [9.17, 15) is 9.59 Å². The Morgan fingerprint density at radius 3 is 2.51 bits per heavy atom. The Balaban J connectivity index is 1.29. The Morgan fingerprint density at radius 2 is 1.70 bits per heavy atom. The van der Waals surface area contributed by atoms with Gasteiger partial charge in [-0.05, 0) is 75.1 Å². The van der Waals surface area contributed by atoms with Gasteiger partial charge in [-0.25, -0.2) is 0 Å². The molecule has 0 aliphatic carbocycles. The molecular weight excluding hydrogens is 462 g/mol. The number of hydrogen-bond donors (Lipinski definition) is 0. The van der Waals surface area contributed by atoms with Crippen LogP contribution in [-0.2, 0) is 22.6 Å². The highest BCUT2D eigenvalue weighted by Gasteiger charge is 2.44. The highest BCUT2D eigenvalue weighted by molar-refractivity contribution is 5.85. The van der Waals surface area contributed by atoms with Crippen LogP contribution in [0.1, 0.15) is 51.5 Å². The SMILES string of the molecule is CC(C)N1CCOc2ccccc2CCCCC2(CCN(C(=O)Cn3ccc4ccccc43)CC2)C1=O. The molecule has 2 aliphatic heterocycles. The molecule has 1 saturated heterocycles. The topological polar surface area (TPSA) is 54.8 Å². The van der Waals surface area contributed by atoms with Crippen LogP contribution in [0.4, 0.5) is 0 Å². The number of aryl methyl sites for hydroxylation is 1. The van der Waals surface area contributed by atoms with Crippen molar-refractivity contribution in [2.75, 3.05) is 26.2 Å². The summed E-state index contributed by atoms with van der Waals surface area (Å²) in [7, 11) is 0. The second kappa shape index (κ2) is 11.0. The number of aromatic nitrogens is 1. The van der Waals surface area contributed by atoms with Crippen LogP contribution in [0.5, 0.6) is 5.75 Å². The number of ether oxygens (including phenoxy) is 1. The van der Waals surface area contributed by atoms with Gasteiger partial charge in [-0.15, -0.1) is 0 Å². The van der Waals surface area contributed by atoms with E-state index in [0.29, 0.717) is 32.8 Å². The molecule has 1 aromatic heterocycles.